The van der Waals surface area contributed by atoms with Crippen molar-refractivity contribution in [2.75, 3.05) is 6.54 Å². The number of H-pyrrole nitrogens is 1. The van der Waals surface area contributed by atoms with Crippen molar-refractivity contribution in [2.24, 2.45) is 10.2 Å². The van der Waals surface area contributed by atoms with Crippen molar-refractivity contribution < 1.29 is 10.0 Å². The number of aromatic nitrogens is 1. The molecule has 1 aromatic heterocycles. The quantitative estimate of drug-likeness (QED) is 0.173. The third-order valence-corrected chi connectivity index (χ3v) is 4.44. The van der Waals surface area contributed by atoms with Crippen LogP contribution in [0.2, 0.25) is 0 Å². The third kappa shape index (κ3) is 3.84. The maximum absolute atomic E-state index is 11.1. The Morgan fingerprint density at radius 2 is 2.08 bits per heavy atom. The zero-order chi connectivity index (χ0) is 18.5. The van der Waals surface area contributed by atoms with E-state index >= 15 is 0 Å². The second-order valence-electron chi connectivity index (χ2n) is 5.47. The summed E-state index contributed by atoms with van der Waals surface area (Å²) in [6.45, 7) is 2.97. The number of azo groups is 1. The molecule has 0 spiro atoms. The minimum absolute atomic E-state index is 0.126. The maximum Gasteiger partial charge on any atom is 0.296 e. The number of hydrogen-bond donors (Lipinski definition) is 3. The fraction of sp³-hybridized carbons (Fsp3) is 0.176. The van der Waals surface area contributed by atoms with Crippen molar-refractivity contribution in [1.29, 1.82) is 0 Å². The van der Waals surface area contributed by atoms with Crippen LogP contribution in [0.15, 0.2) is 57.6 Å². The highest BCUT2D eigenvalue weighted by molar-refractivity contribution is 7.97. The number of nitrogens with one attached hydrogen (secondary N) is 2. The Kier molecular flexibility index (Phi) is 5.49. The molecule has 0 aliphatic rings. The van der Waals surface area contributed by atoms with E-state index in [0.717, 1.165) is 17.9 Å². The van der Waals surface area contributed by atoms with Crippen LogP contribution in [0.1, 0.15) is 13.3 Å². The van der Waals surface area contributed by atoms with Gasteiger partial charge in [-0.3, -0.25) is 14.8 Å². The van der Waals surface area contributed by atoms with Gasteiger partial charge in [0.15, 0.2) is 11.4 Å². The standard InChI is InChI=1S/C17H17N5O3S/c1-2-9-18-26-11-7-8-13-12(10-11)16(17(23)19-13)21-20-14-5-3-4-6-15(14)22(24)25/h3-8,10,18-19,23H,2,9H2,1H3. The van der Waals surface area contributed by atoms with Crippen LogP contribution < -0.4 is 4.72 Å². The number of aromatic hydroxyl groups is 1. The molecule has 0 aliphatic carbocycles. The van der Waals surface area contributed by atoms with Crippen molar-refractivity contribution in [3.63, 3.8) is 0 Å². The van der Waals surface area contributed by atoms with Gasteiger partial charge in [-0.2, -0.15) is 0 Å². The van der Waals surface area contributed by atoms with Crippen LogP contribution in [0.25, 0.3) is 10.9 Å². The van der Waals surface area contributed by atoms with Gasteiger partial charge in [-0.25, -0.2) is 0 Å². The molecule has 134 valence electrons. The molecule has 3 aromatic rings. The molecule has 0 saturated heterocycles. The molecule has 0 saturated carbocycles. The molecule has 0 radical (unpaired) electrons. The van der Waals surface area contributed by atoms with Gasteiger partial charge < -0.3 is 10.1 Å². The Labute approximate surface area is 153 Å². The van der Waals surface area contributed by atoms with E-state index in [2.05, 4.69) is 26.9 Å². The van der Waals surface area contributed by atoms with Crippen LogP contribution in [0.3, 0.4) is 0 Å². The van der Waals surface area contributed by atoms with Crippen LogP contribution in [-0.2, 0) is 0 Å². The highest BCUT2D eigenvalue weighted by atomic mass is 32.2. The zero-order valence-electron chi connectivity index (χ0n) is 14.0. The van der Waals surface area contributed by atoms with E-state index in [-0.39, 0.29) is 22.9 Å². The average Bonchev–Trinajstić information content (AvgIpc) is 2.95. The van der Waals surface area contributed by atoms with E-state index in [1.165, 1.54) is 24.1 Å². The topological polar surface area (TPSA) is 116 Å². The first-order valence-electron chi connectivity index (χ1n) is 7.99. The Morgan fingerprint density at radius 3 is 2.85 bits per heavy atom. The van der Waals surface area contributed by atoms with E-state index < -0.39 is 4.92 Å². The molecule has 3 N–H and O–H groups in total. The first kappa shape index (κ1) is 17.9. The second-order valence-corrected chi connectivity index (χ2v) is 6.44. The molecule has 8 nitrogen and oxygen atoms in total. The molecule has 0 amide bonds. The van der Waals surface area contributed by atoms with Crippen molar-refractivity contribution >= 4 is 39.9 Å². The summed E-state index contributed by atoms with van der Waals surface area (Å²) >= 11 is 1.49. The summed E-state index contributed by atoms with van der Waals surface area (Å²) in [5, 5.41) is 29.9. The van der Waals surface area contributed by atoms with E-state index in [1.54, 1.807) is 12.1 Å². The number of nitro groups is 1. The number of fused-ring (bicyclic) bond motifs is 1. The number of para-hydroxylation sites is 1. The monoisotopic (exact) mass is 371 g/mol. The zero-order valence-corrected chi connectivity index (χ0v) is 14.8. The highest BCUT2D eigenvalue weighted by Gasteiger charge is 2.14. The average molecular weight is 371 g/mol. The maximum atomic E-state index is 11.1. The van der Waals surface area contributed by atoms with Crippen LogP contribution >= 0.6 is 11.9 Å². The summed E-state index contributed by atoms with van der Waals surface area (Å²) in [6, 6.07) is 11.7. The fourth-order valence-electron chi connectivity index (χ4n) is 2.35. The molecule has 1 heterocycles. The normalized spacial score (nSPS) is 11.4. The molecular weight excluding hydrogens is 354 g/mol. The smallest absolute Gasteiger partial charge is 0.296 e. The number of hydrogen-bond acceptors (Lipinski definition) is 7. The van der Waals surface area contributed by atoms with Gasteiger partial charge in [0.25, 0.3) is 5.69 Å². The van der Waals surface area contributed by atoms with Gasteiger partial charge in [-0.15, -0.1) is 10.2 Å². The lowest BCUT2D eigenvalue weighted by Gasteiger charge is -2.02. The van der Waals surface area contributed by atoms with Crippen LogP contribution in [0.5, 0.6) is 5.88 Å². The van der Waals surface area contributed by atoms with Gasteiger partial charge in [0.05, 0.1) is 10.4 Å². The minimum Gasteiger partial charge on any atom is -0.493 e. The van der Waals surface area contributed by atoms with Gasteiger partial charge in [-0.1, -0.05) is 19.1 Å². The van der Waals surface area contributed by atoms with Crippen molar-refractivity contribution in [3.05, 3.63) is 52.6 Å². The second kappa shape index (κ2) is 7.98. The molecule has 26 heavy (non-hydrogen) atoms. The predicted octanol–water partition coefficient (Wildman–Crippen LogP) is 5.20. The molecule has 3 rings (SSSR count). The molecular formula is C17H17N5O3S. The Hall–Kier alpha value is -2.91. The van der Waals surface area contributed by atoms with E-state index in [0.29, 0.717) is 10.9 Å². The molecule has 0 fully saturated rings. The lowest BCUT2D eigenvalue weighted by atomic mass is 10.2. The molecule has 0 unspecified atom stereocenters. The van der Waals surface area contributed by atoms with Crippen molar-refractivity contribution in [1.82, 2.24) is 9.71 Å². The fourth-order valence-corrected chi connectivity index (χ4v) is 3.14. The molecule has 9 heteroatoms. The SMILES string of the molecule is CCCNSc1ccc2[nH]c(O)c(N=Nc3ccccc3[N+](=O)[O-])c2c1. The minimum atomic E-state index is -0.516. The number of rotatable bonds is 7. The van der Waals surface area contributed by atoms with Gasteiger partial charge >= 0.3 is 0 Å². The highest BCUT2D eigenvalue weighted by Crippen LogP contribution is 2.38. The summed E-state index contributed by atoms with van der Waals surface area (Å²) in [4.78, 5) is 14.4. The van der Waals surface area contributed by atoms with Gasteiger partial charge in [0.2, 0.25) is 5.88 Å². The summed E-state index contributed by atoms with van der Waals surface area (Å²) in [6.07, 6.45) is 1.02. The summed E-state index contributed by atoms with van der Waals surface area (Å²) < 4.78 is 3.24. The predicted molar refractivity (Wildman–Crippen MR) is 101 cm³/mol. The molecule has 0 bridgehead atoms. The number of benzene rings is 2. The van der Waals surface area contributed by atoms with E-state index in [9.17, 15) is 15.2 Å². The van der Waals surface area contributed by atoms with Gasteiger partial charge in [-0.05, 0) is 42.6 Å². The number of nitro benzene ring substituents is 1. The third-order valence-electron chi connectivity index (χ3n) is 3.60. The van der Waals surface area contributed by atoms with E-state index in [1.807, 2.05) is 18.2 Å². The van der Waals surface area contributed by atoms with E-state index in [4.69, 9.17) is 0 Å². The number of aromatic amines is 1. The summed E-state index contributed by atoms with van der Waals surface area (Å²) in [5.74, 6) is -0.133. The number of nitrogens with zero attached hydrogens (tertiary/aromatic N) is 3. The van der Waals surface area contributed by atoms with Crippen molar-refractivity contribution in [2.45, 2.75) is 18.2 Å². The Bertz CT molecular complexity index is 970. The Balaban J connectivity index is 1.95. The molecule has 0 aliphatic heterocycles. The van der Waals surface area contributed by atoms with Crippen LogP contribution in [-0.4, -0.2) is 21.6 Å². The largest absolute Gasteiger partial charge is 0.493 e. The van der Waals surface area contributed by atoms with Crippen LogP contribution in [0, 0.1) is 10.1 Å². The van der Waals surface area contributed by atoms with Gasteiger partial charge in [0, 0.05) is 22.9 Å². The van der Waals surface area contributed by atoms with Crippen molar-refractivity contribution in [3.8, 4) is 5.88 Å². The lowest BCUT2D eigenvalue weighted by Crippen LogP contribution is -2.02. The Morgan fingerprint density at radius 1 is 1.27 bits per heavy atom. The summed E-state index contributed by atoms with van der Waals surface area (Å²) in [7, 11) is 0. The first-order valence-corrected chi connectivity index (χ1v) is 8.81. The first-order chi connectivity index (χ1) is 12.6. The molecule has 2 aromatic carbocycles. The molecule has 0 atom stereocenters. The summed E-state index contributed by atoms with van der Waals surface area (Å²) in [5.41, 5.74) is 0.937. The van der Waals surface area contributed by atoms with Gasteiger partial charge in [0.1, 0.15) is 0 Å². The lowest BCUT2D eigenvalue weighted by molar-refractivity contribution is -0.384. The van der Waals surface area contributed by atoms with Crippen LogP contribution in [0.4, 0.5) is 17.1 Å².